The van der Waals surface area contributed by atoms with Crippen LogP contribution in [-0.4, -0.2) is 45.9 Å². The largest absolute Gasteiger partial charge is 0.324 e. The Morgan fingerprint density at radius 3 is 2.06 bits per heavy atom. The van der Waals surface area contributed by atoms with Gasteiger partial charge in [0.05, 0.1) is 9.79 Å². The van der Waals surface area contributed by atoms with Gasteiger partial charge in [-0.15, -0.1) is 0 Å². The molecule has 0 radical (unpaired) electrons. The molecule has 2 aromatic carbocycles. The number of nitrogens with one attached hydrogen (secondary N) is 1. The molecule has 2 aromatic rings. The van der Waals surface area contributed by atoms with Gasteiger partial charge in [-0.2, -0.15) is 0 Å². The number of rotatable bonds is 6. The van der Waals surface area contributed by atoms with Crippen LogP contribution >= 0.6 is 11.6 Å². The average molecular weight is 485 g/mol. The van der Waals surface area contributed by atoms with Gasteiger partial charge in [-0.1, -0.05) is 30.5 Å². The molecule has 1 N–H and O–H groups in total. The van der Waals surface area contributed by atoms with E-state index in [1.807, 2.05) is 0 Å². The minimum Gasteiger partial charge on any atom is -0.324 e. The van der Waals surface area contributed by atoms with Crippen molar-refractivity contribution in [1.82, 2.24) is 4.31 Å². The van der Waals surface area contributed by atoms with Crippen molar-refractivity contribution in [2.75, 3.05) is 19.4 Å². The molecule has 1 aliphatic rings. The van der Waals surface area contributed by atoms with Gasteiger partial charge in [0, 0.05) is 24.8 Å². The van der Waals surface area contributed by atoms with Crippen molar-refractivity contribution in [3.63, 3.8) is 0 Å². The van der Waals surface area contributed by atoms with Gasteiger partial charge in [0.2, 0.25) is 15.9 Å². The number of aryl methyl sites for hydroxylation is 1. The van der Waals surface area contributed by atoms with Crippen LogP contribution in [0.2, 0.25) is 5.02 Å². The lowest BCUT2D eigenvalue weighted by atomic mass is 10.1. The van der Waals surface area contributed by atoms with Crippen LogP contribution in [0.25, 0.3) is 0 Å². The molecule has 7 nitrogen and oxygen atoms in total. The Morgan fingerprint density at radius 2 is 1.52 bits per heavy atom. The molecule has 0 aliphatic heterocycles. The second-order valence-corrected chi connectivity index (χ2v) is 12.7. The normalized spacial score (nSPS) is 16.4. The van der Waals surface area contributed by atoms with E-state index in [9.17, 15) is 21.6 Å². The Morgan fingerprint density at radius 1 is 0.968 bits per heavy atom. The fraction of sp³-hybridized carbons (Fsp3) is 0.381. The zero-order chi connectivity index (χ0) is 23.0. The Hall–Kier alpha value is -1.94. The summed E-state index contributed by atoms with van der Waals surface area (Å²) in [6, 6.07) is 10.2. The average Bonchev–Trinajstić information content (AvgIpc) is 3.21. The monoisotopic (exact) mass is 484 g/mol. The number of hydrogen-bond acceptors (Lipinski definition) is 5. The predicted molar refractivity (Wildman–Crippen MR) is 121 cm³/mol. The van der Waals surface area contributed by atoms with Crippen LogP contribution in [-0.2, 0) is 24.7 Å². The molecular formula is C21H25ClN2O5S2. The molecule has 0 bridgehead atoms. The molecule has 1 aliphatic carbocycles. The van der Waals surface area contributed by atoms with Crippen molar-refractivity contribution in [3.05, 3.63) is 53.1 Å². The summed E-state index contributed by atoms with van der Waals surface area (Å²) in [7, 11) is -4.88. The first-order valence-electron chi connectivity index (χ1n) is 9.77. The SMILES string of the molecule is Cc1ccc(S(=O)(=O)N(C)C)cc1NC(=O)C1(S(=O)(=O)c2ccc(Cl)cc2)CCCC1. The summed E-state index contributed by atoms with van der Waals surface area (Å²) in [5, 5.41) is 3.11. The van der Waals surface area contributed by atoms with Crippen LogP contribution in [0, 0.1) is 6.92 Å². The molecule has 0 aromatic heterocycles. The van der Waals surface area contributed by atoms with Gasteiger partial charge in [0.25, 0.3) is 0 Å². The Bertz CT molecular complexity index is 1200. The van der Waals surface area contributed by atoms with Crippen molar-refractivity contribution in [3.8, 4) is 0 Å². The van der Waals surface area contributed by atoms with Crippen LogP contribution in [0.15, 0.2) is 52.3 Å². The molecule has 0 spiro atoms. The third-order valence-electron chi connectivity index (χ3n) is 5.70. The Labute approximate surface area is 188 Å². The molecule has 3 rings (SSSR count). The fourth-order valence-corrected chi connectivity index (χ4v) is 6.87. The maximum Gasteiger partial charge on any atom is 0.246 e. The zero-order valence-corrected chi connectivity index (χ0v) is 19.9. The van der Waals surface area contributed by atoms with Crippen LogP contribution < -0.4 is 5.32 Å². The minimum absolute atomic E-state index is 0.0134. The van der Waals surface area contributed by atoms with E-state index in [2.05, 4.69) is 5.32 Å². The van der Waals surface area contributed by atoms with Crippen LogP contribution in [0.4, 0.5) is 5.69 Å². The van der Waals surface area contributed by atoms with Crippen molar-refractivity contribution in [2.45, 2.75) is 47.1 Å². The van der Waals surface area contributed by atoms with Crippen LogP contribution in [0.3, 0.4) is 0 Å². The Kier molecular flexibility index (Phi) is 6.53. The lowest BCUT2D eigenvalue weighted by Crippen LogP contribution is -2.47. The topological polar surface area (TPSA) is 101 Å². The second-order valence-electron chi connectivity index (χ2n) is 7.88. The number of sulfonamides is 1. The number of hydrogen-bond donors (Lipinski definition) is 1. The number of sulfone groups is 1. The van der Waals surface area contributed by atoms with E-state index in [-0.39, 0.29) is 28.3 Å². The van der Waals surface area contributed by atoms with Crippen molar-refractivity contribution in [1.29, 1.82) is 0 Å². The summed E-state index contributed by atoms with van der Waals surface area (Å²) in [5.41, 5.74) is 0.897. The first-order chi connectivity index (χ1) is 14.4. The van der Waals surface area contributed by atoms with Gasteiger partial charge in [0.15, 0.2) is 14.6 Å². The zero-order valence-electron chi connectivity index (χ0n) is 17.6. The highest BCUT2D eigenvalue weighted by atomic mass is 35.5. The van der Waals surface area contributed by atoms with E-state index in [1.165, 1.54) is 50.5 Å². The molecule has 10 heteroatoms. The molecule has 0 heterocycles. The number of amides is 1. The van der Waals surface area contributed by atoms with Gasteiger partial charge in [0.1, 0.15) is 0 Å². The molecule has 168 valence electrons. The maximum absolute atomic E-state index is 13.5. The molecule has 0 atom stereocenters. The summed E-state index contributed by atoms with van der Waals surface area (Å²) in [6.07, 6.45) is 1.60. The summed E-state index contributed by atoms with van der Waals surface area (Å²) in [5.74, 6) is -0.651. The molecule has 1 fully saturated rings. The van der Waals surface area contributed by atoms with Gasteiger partial charge in [-0.05, 0) is 61.7 Å². The maximum atomic E-state index is 13.5. The number of halogens is 1. The van der Waals surface area contributed by atoms with Crippen LogP contribution in [0.5, 0.6) is 0 Å². The van der Waals surface area contributed by atoms with Crippen LogP contribution in [0.1, 0.15) is 31.2 Å². The molecular weight excluding hydrogens is 460 g/mol. The van der Waals surface area contributed by atoms with Crippen molar-refractivity contribution < 1.29 is 21.6 Å². The van der Waals surface area contributed by atoms with Gasteiger partial charge < -0.3 is 5.32 Å². The number of anilines is 1. The summed E-state index contributed by atoms with van der Waals surface area (Å²) in [4.78, 5) is 13.4. The van der Waals surface area contributed by atoms with Gasteiger partial charge >= 0.3 is 0 Å². The summed E-state index contributed by atoms with van der Waals surface area (Å²) in [6.45, 7) is 1.72. The third kappa shape index (κ3) is 4.24. The highest BCUT2D eigenvalue weighted by molar-refractivity contribution is 7.93. The van der Waals surface area contributed by atoms with E-state index < -0.39 is 30.5 Å². The highest BCUT2D eigenvalue weighted by Gasteiger charge is 2.53. The van der Waals surface area contributed by atoms with E-state index in [1.54, 1.807) is 13.0 Å². The molecule has 0 unspecified atom stereocenters. The van der Waals surface area contributed by atoms with E-state index in [4.69, 9.17) is 11.6 Å². The first kappa shape index (κ1) is 23.7. The summed E-state index contributed by atoms with van der Waals surface area (Å²) < 4.78 is 51.4. The lowest BCUT2D eigenvalue weighted by Gasteiger charge is -2.28. The number of carbonyl (C=O) groups is 1. The van der Waals surface area contributed by atoms with E-state index >= 15 is 0 Å². The van der Waals surface area contributed by atoms with Gasteiger partial charge in [-0.25, -0.2) is 21.1 Å². The number of nitrogens with zero attached hydrogens (tertiary/aromatic N) is 1. The minimum atomic E-state index is -4.00. The Balaban J connectivity index is 2.02. The fourth-order valence-electron chi connectivity index (χ4n) is 3.75. The lowest BCUT2D eigenvalue weighted by molar-refractivity contribution is -0.118. The smallest absolute Gasteiger partial charge is 0.246 e. The van der Waals surface area contributed by atoms with Crippen molar-refractivity contribution >= 4 is 43.1 Å². The molecule has 31 heavy (non-hydrogen) atoms. The highest BCUT2D eigenvalue weighted by Crippen LogP contribution is 2.42. The number of benzene rings is 2. The molecule has 1 amide bonds. The van der Waals surface area contributed by atoms with E-state index in [0.717, 1.165) is 4.31 Å². The van der Waals surface area contributed by atoms with Gasteiger partial charge in [-0.3, -0.25) is 4.79 Å². The quantitative estimate of drug-likeness (QED) is 0.674. The summed E-state index contributed by atoms with van der Waals surface area (Å²) >= 11 is 5.89. The predicted octanol–water partition coefficient (Wildman–Crippen LogP) is 3.62. The second kappa shape index (κ2) is 8.54. The van der Waals surface area contributed by atoms with E-state index in [0.29, 0.717) is 23.4 Å². The van der Waals surface area contributed by atoms with Crippen molar-refractivity contribution in [2.24, 2.45) is 0 Å². The molecule has 1 saturated carbocycles. The first-order valence-corrected chi connectivity index (χ1v) is 13.1. The number of carbonyl (C=O) groups excluding carboxylic acids is 1. The molecule has 0 saturated heterocycles. The standard InChI is InChI=1S/C21H25ClN2O5S2/c1-15-6-9-18(31(28,29)24(2)3)14-19(15)23-20(25)21(12-4-5-13-21)30(26,27)17-10-7-16(22)8-11-17/h6-11,14H,4-5,12-13H2,1-3H3,(H,23,25). The third-order valence-corrected chi connectivity index (χ3v) is 10.3.